The summed E-state index contributed by atoms with van der Waals surface area (Å²) in [5.41, 5.74) is 0. The van der Waals surface area contributed by atoms with Crippen LogP contribution in [-0.2, 0) is 65.4 Å². The molecule has 0 aromatic heterocycles. The first-order valence-electron chi connectivity index (χ1n) is 42.8. The fourth-order valence-corrected chi connectivity index (χ4v) is 14.3. The van der Waals surface area contributed by atoms with Crippen molar-refractivity contribution in [3.63, 3.8) is 0 Å². The van der Waals surface area contributed by atoms with Crippen molar-refractivity contribution in [2.24, 2.45) is 23.7 Å². The normalized spacial score (nSPS) is 14.5. The van der Waals surface area contributed by atoms with Crippen LogP contribution in [0.1, 0.15) is 428 Å². The zero-order valence-electron chi connectivity index (χ0n) is 67.2. The SMILES string of the molecule is CCC(C)CCCCCCCCCCCCCCCCC(=O)OC[C@H](COP(=O)(O)OC[C@@H](O)COP(=O)(O)OC[C@@H](COC(=O)CCCCCCCCCCCCC(C)C)OC(=O)CCCCCCCCCCCCC(C)C)OC(=O)CCCCCCCCCCCCCCCCC(C)CC. The van der Waals surface area contributed by atoms with Crippen LogP contribution >= 0.6 is 15.6 Å². The Morgan fingerprint density at radius 2 is 0.471 bits per heavy atom. The van der Waals surface area contributed by atoms with Crippen LogP contribution in [0.25, 0.3) is 0 Å². The molecule has 4 unspecified atom stereocenters. The maximum Gasteiger partial charge on any atom is 0.472 e. The molecule has 3 N–H and O–H groups in total. The minimum Gasteiger partial charge on any atom is -0.462 e. The van der Waals surface area contributed by atoms with Gasteiger partial charge in [0.1, 0.15) is 19.3 Å². The number of phosphoric ester groups is 2. The van der Waals surface area contributed by atoms with Crippen LogP contribution in [0.2, 0.25) is 0 Å². The molecular formula is C83H162O17P2. The van der Waals surface area contributed by atoms with Crippen molar-refractivity contribution in [3.8, 4) is 0 Å². The van der Waals surface area contributed by atoms with Gasteiger partial charge in [0.25, 0.3) is 0 Å². The van der Waals surface area contributed by atoms with Gasteiger partial charge < -0.3 is 33.8 Å². The average Bonchev–Trinajstić information content (AvgIpc) is 0.922. The quantitative estimate of drug-likeness (QED) is 0.0222. The van der Waals surface area contributed by atoms with E-state index in [4.69, 9.17) is 37.0 Å². The monoisotopic (exact) mass is 1490 g/mol. The molecular weight excluding hydrogens is 1330 g/mol. The second-order valence-electron chi connectivity index (χ2n) is 31.3. The number of esters is 4. The van der Waals surface area contributed by atoms with Gasteiger partial charge in [-0.25, -0.2) is 9.13 Å². The summed E-state index contributed by atoms with van der Waals surface area (Å²) in [7, 11) is -9.93. The molecule has 102 heavy (non-hydrogen) atoms. The highest BCUT2D eigenvalue weighted by molar-refractivity contribution is 7.47. The number of hydrogen-bond acceptors (Lipinski definition) is 15. The minimum absolute atomic E-state index is 0.106. The van der Waals surface area contributed by atoms with Crippen LogP contribution in [0.15, 0.2) is 0 Å². The van der Waals surface area contributed by atoms with E-state index in [1.54, 1.807) is 0 Å². The molecule has 0 aliphatic rings. The summed E-state index contributed by atoms with van der Waals surface area (Å²) in [6.45, 7) is 14.4. The van der Waals surface area contributed by atoms with Crippen LogP contribution < -0.4 is 0 Å². The van der Waals surface area contributed by atoms with Crippen LogP contribution in [0.3, 0.4) is 0 Å². The van der Waals surface area contributed by atoms with Crippen LogP contribution in [0.5, 0.6) is 0 Å². The smallest absolute Gasteiger partial charge is 0.462 e. The lowest BCUT2D eigenvalue weighted by molar-refractivity contribution is -0.161. The third-order valence-electron chi connectivity index (χ3n) is 20.0. The predicted octanol–water partition coefficient (Wildman–Crippen LogP) is 24.8. The fraction of sp³-hybridized carbons (Fsp3) is 0.952. The number of unbranched alkanes of at least 4 members (excludes halogenated alkanes) is 44. The molecule has 0 rings (SSSR count). The Kier molecular flexibility index (Phi) is 70.6. The lowest BCUT2D eigenvalue weighted by Crippen LogP contribution is -2.30. The number of phosphoric acid groups is 2. The van der Waals surface area contributed by atoms with E-state index in [9.17, 15) is 43.2 Å². The van der Waals surface area contributed by atoms with E-state index in [-0.39, 0.29) is 25.7 Å². The molecule has 0 heterocycles. The number of carbonyl (C=O) groups excluding carboxylic acids is 4. The molecule has 0 spiro atoms. The largest absolute Gasteiger partial charge is 0.472 e. The second kappa shape index (κ2) is 72.0. The molecule has 0 bridgehead atoms. The van der Waals surface area contributed by atoms with Crippen molar-refractivity contribution in [1.29, 1.82) is 0 Å². The van der Waals surface area contributed by atoms with Crippen LogP contribution in [0.4, 0.5) is 0 Å². The van der Waals surface area contributed by atoms with E-state index in [1.807, 2.05) is 0 Å². The number of ether oxygens (including phenoxy) is 4. The summed E-state index contributed by atoms with van der Waals surface area (Å²) in [6, 6.07) is 0. The number of carbonyl (C=O) groups is 4. The molecule has 0 saturated heterocycles. The van der Waals surface area contributed by atoms with Crippen molar-refractivity contribution in [3.05, 3.63) is 0 Å². The molecule has 0 aromatic carbocycles. The lowest BCUT2D eigenvalue weighted by atomic mass is 9.99. The summed E-state index contributed by atoms with van der Waals surface area (Å²) >= 11 is 0. The van der Waals surface area contributed by atoms with Gasteiger partial charge in [0.15, 0.2) is 12.2 Å². The Bertz CT molecular complexity index is 1990. The van der Waals surface area contributed by atoms with Gasteiger partial charge in [0.05, 0.1) is 26.4 Å². The van der Waals surface area contributed by atoms with E-state index in [1.165, 1.54) is 231 Å². The van der Waals surface area contributed by atoms with Crippen molar-refractivity contribution < 1.29 is 80.2 Å². The Morgan fingerprint density at radius 1 is 0.275 bits per heavy atom. The Hall–Kier alpha value is -1.94. The summed E-state index contributed by atoms with van der Waals surface area (Å²) < 4.78 is 68.8. The maximum atomic E-state index is 13.1. The van der Waals surface area contributed by atoms with Gasteiger partial charge in [-0.15, -0.1) is 0 Å². The minimum atomic E-state index is -4.97. The number of rotatable bonds is 80. The molecule has 0 fully saturated rings. The van der Waals surface area contributed by atoms with Crippen molar-refractivity contribution in [2.45, 2.75) is 446 Å². The van der Waals surface area contributed by atoms with E-state index in [2.05, 4.69) is 55.4 Å². The number of aliphatic hydroxyl groups is 1. The van der Waals surface area contributed by atoms with Gasteiger partial charge in [-0.05, 0) is 49.4 Å². The summed E-state index contributed by atoms with van der Waals surface area (Å²) in [5, 5.41) is 10.7. The summed E-state index contributed by atoms with van der Waals surface area (Å²) in [5.74, 6) is 1.10. The first-order chi connectivity index (χ1) is 49.2. The molecule has 0 aliphatic heterocycles. The molecule has 19 heteroatoms. The van der Waals surface area contributed by atoms with E-state index in [0.717, 1.165) is 114 Å². The van der Waals surface area contributed by atoms with Gasteiger partial charge in [-0.2, -0.15) is 0 Å². The topological polar surface area (TPSA) is 237 Å². The molecule has 0 aliphatic carbocycles. The van der Waals surface area contributed by atoms with E-state index < -0.39 is 97.5 Å². The van der Waals surface area contributed by atoms with Crippen molar-refractivity contribution >= 4 is 39.5 Å². The highest BCUT2D eigenvalue weighted by atomic mass is 31.2. The Balaban J connectivity index is 5.27. The van der Waals surface area contributed by atoms with Gasteiger partial charge in [0.2, 0.25) is 0 Å². The zero-order valence-corrected chi connectivity index (χ0v) is 69.0. The Labute approximate surface area is 626 Å². The molecule has 17 nitrogen and oxygen atoms in total. The average molecular weight is 1490 g/mol. The standard InChI is InChI=1S/C83H162O17P2/c1-9-75(7)61-53-45-37-29-19-15-11-13-17-21-31-39-47-55-63-80(85)93-69-78(99-82(87)65-57-49-41-33-22-18-14-12-16-20-30-38-46-54-62-76(8)10-2)71-97-101(89,90)95-67-77(84)68-96-102(91,92)98-72-79(100-83(88)66-58-50-42-34-26-24-28-36-44-52-60-74(5)6)70-94-81(86)64-56-48-40-32-25-23-27-35-43-51-59-73(3)4/h73-79,84H,9-72H2,1-8H3,(H,89,90)(H,91,92)/t75?,76?,77-,78-,79-/m1/s1. The number of aliphatic hydroxyl groups excluding tert-OH is 1. The Morgan fingerprint density at radius 3 is 0.696 bits per heavy atom. The zero-order chi connectivity index (χ0) is 75.3. The first kappa shape index (κ1) is 100. The fourth-order valence-electron chi connectivity index (χ4n) is 12.7. The first-order valence-corrected chi connectivity index (χ1v) is 45.8. The summed E-state index contributed by atoms with van der Waals surface area (Å²) in [4.78, 5) is 73.1. The van der Waals surface area contributed by atoms with Gasteiger partial charge in [-0.3, -0.25) is 37.3 Å². The van der Waals surface area contributed by atoms with Gasteiger partial charge >= 0.3 is 39.5 Å². The highest BCUT2D eigenvalue weighted by Gasteiger charge is 2.30. The highest BCUT2D eigenvalue weighted by Crippen LogP contribution is 2.45. The maximum absolute atomic E-state index is 13.1. The van der Waals surface area contributed by atoms with E-state index >= 15 is 0 Å². The molecule has 7 atom stereocenters. The van der Waals surface area contributed by atoms with Crippen LogP contribution in [-0.4, -0.2) is 96.7 Å². The molecule has 0 amide bonds. The lowest BCUT2D eigenvalue weighted by Gasteiger charge is -2.21. The van der Waals surface area contributed by atoms with Crippen molar-refractivity contribution in [1.82, 2.24) is 0 Å². The van der Waals surface area contributed by atoms with Gasteiger partial charge in [0, 0.05) is 25.7 Å². The third kappa shape index (κ3) is 73.6. The number of hydrogen-bond donors (Lipinski definition) is 3. The predicted molar refractivity (Wildman–Crippen MR) is 418 cm³/mol. The van der Waals surface area contributed by atoms with Crippen molar-refractivity contribution in [2.75, 3.05) is 39.6 Å². The molecule has 606 valence electrons. The third-order valence-corrected chi connectivity index (χ3v) is 21.9. The van der Waals surface area contributed by atoms with E-state index in [0.29, 0.717) is 25.7 Å². The van der Waals surface area contributed by atoms with Crippen LogP contribution in [0, 0.1) is 23.7 Å². The summed E-state index contributed by atoms with van der Waals surface area (Å²) in [6.07, 6.45) is 59.5. The molecule has 0 saturated carbocycles. The second-order valence-corrected chi connectivity index (χ2v) is 34.2. The molecule has 0 radical (unpaired) electrons. The molecule has 0 aromatic rings. The van der Waals surface area contributed by atoms with Gasteiger partial charge in [-0.1, -0.05) is 376 Å².